The summed E-state index contributed by atoms with van der Waals surface area (Å²) >= 11 is 1.31. The van der Waals surface area contributed by atoms with Gasteiger partial charge in [-0.15, -0.1) is 11.3 Å². The summed E-state index contributed by atoms with van der Waals surface area (Å²) in [4.78, 5) is 21.7. The number of carbonyl (C=O) groups is 2. The first-order valence-electron chi connectivity index (χ1n) is 5.35. The molecule has 1 heterocycles. The Morgan fingerprint density at radius 1 is 1.28 bits per heavy atom. The largest absolute Gasteiger partial charge is 0.550 e. The van der Waals surface area contributed by atoms with E-state index in [0.717, 1.165) is 0 Å². The number of carboxylic acid groups (broad SMARTS) is 2. The molecular formula is C12H11NO4S-2. The molecule has 18 heavy (non-hydrogen) atoms. The zero-order chi connectivity index (χ0) is 13.6. The molecule has 0 radical (unpaired) electrons. The maximum absolute atomic E-state index is 10.5. The maximum atomic E-state index is 10.5. The van der Waals surface area contributed by atoms with Gasteiger partial charge >= 0.3 is 0 Å². The summed E-state index contributed by atoms with van der Waals surface area (Å²) < 4.78 is 0. The second-order valence-electron chi connectivity index (χ2n) is 3.92. The van der Waals surface area contributed by atoms with Crippen LogP contribution in [0.25, 0.3) is 0 Å². The van der Waals surface area contributed by atoms with Crippen molar-refractivity contribution in [2.45, 2.75) is 31.1 Å². The van der Waals surface area contributed by atoms with Crippen LogP contribution in [0.3, 0.4) is 0 Å². The van der Waals surface area contributed by atoms with Crippen LogP contribution < -0.4 is 10.2 Å². The van der Waals surface area contributed by atoms with Gasteiger partial charge in [-0.05, 0) is 37.1 Å². The minimum Gasteiger partial charge on any atom is -0.550 e. The Hall–Kier alpha value is -1.87. The van der Waals surface area contributed by atoms with Crippen molar-refractivity contribution in [3.63, 3.8) is 0 Å². The summed E-state index contributed by atoms with van der Waals surface area (Å²) in [6, 6.07) is 5.50. The van der Waals surface area contributed by atoms with Crippen LogP contribution in [0.5, 0.6) is 0 Å². The van der Waals surface area contributed by atoms with Crippen LogP contribution in [0.4, 0.5) is 0 Å². The van der Waals surface area contributed by atoms with Gasteiger partial charge in [-0.2, -0.15) is 5.26 Å². The van der Waals surface area contributed by atoms with E-state index in [1.807, 2.05) is 0 Å². The van der Waals surface area contributed by atoms with E-state index in [1.54, 1.807) is 17.5 Å². The number of thiophene rings is 1. The Morgan fingerprint density at radius 2 is 1.83 bits per heavy atom. The number of carboxylic acids is 2. The number of rotatable bonds is 7. The van der Waals surface area contributed by atoms with Crippen molar-refractivity contribution >= 4 is 23.3 Å². The average Bonchev–Trinajstić information content (AvgIpc) is 2.83. The molecule has 1 aromatic heterocycles. The van der Waals surface area contributed by atoms with E-state index in [2.05, 4.69) is 6.07 Å². The highest BCUT2D eigenvalue weighted by atomic mass is 32.1. The molecule has 0 unspecified atom stereocenters. The fourth-order valence-electron chi connectivity index (χ4n) is 1.72. The van der Waals surface area contributed by atoms with Crippen LogP contribution in [-0.2, 0) is 15.0 Å². The summed E-state index contributed by atoms with van der Waals surface area (Å²) in [5.41, 5.74) is -1.09. The van der Waals surface area contributed by atoms with Gasteiger partial charge in [-0.25, -0.2) is 0 Å². The number of carbonyl (C=O) groups excluding carboxylic acids is 2. The van der Waals surface area contributed by atoms with Crippen LogP contribution in [0.1, 0.15) is 30.6 Å². The SMILES string of the molecule is N#CC(CCC(=O)[O-])(CCC(=O)[O-])c1cccs1. The topological polar surface area (TPSA) is 104 Å². The first-order valence-corrected chi connectivity index (χ1v) is 6.23. The van der Waals surface area contributed by atoms with E-state index in [4.69, 9.17) is 0 Å². The molecule has 5 nitrogen and oxygen atoms in total. The molecule has 0 N–H and O–H groups in total. The Morgan fingerprint density at radius 3 is 2.17 bits per heavy atom. The molecule has 0 spiro atoms. The highest BCUT2D eigenvalue weighted by molar-refractivity contribution is 7.10. The fourth-order valence-corrected chi connectivity index (χ4v) is 2.66. The molecule has 96 valence electrons. The van der Waals surface area contributed by atoms with Gasteiger partial charge in [-0.1, -0.05) is 6.07 Å². The number of hydrogen-bond donors (Lipinski definition) is 0. The molecule has 0 aliphatic heterocycles. The summed E-state index contributed by atoms with van der Waals surface area (Å²) in [5, 5.41) is 32.1. The van der Waals surface area contributed by atoms with Crippen molar-refractivity contribution < 1.29 is 19.8 Å². The molecular weight excluding hydrogens is 254 g/mol. The highest BCUT2D eigenvalue weighted by Crippen LogP contribution is 2.36. The third-order valence-corrected chi connectivity index (χ3v) is 3.79. The van der Waals surface area contributed by atoms with E-state index >= 15 is 0 Å². The average molecular weight is 265 g/mol. The minimum atomic E-state index is -1.25. The standard InChI is InChI=1S/C12H13NO4S/c13-8-12(5-3-10(14)15,6-4-11(16)17)9-2-1-7-18-9/h1-2,7H,3-6H2,(H,14,15)(H,16,17)/p-2. The molecule has 0 saturated heterocycles. The lowest BCUT2D eigenvalue weighted by Crippen LogP contribution is -2.31. The summed E-state index contributed by atoms with van der Waals surface area (Å²) in [5.74, 6) is -2.50. The first kappa shape index (κ1) is 14.2. The molecule has 0 bridgehead atoms. The van der Waals surface area contributed by atoms with Crippen molar-refractivity contribution in [1.29, 1.82) is 5.26 Å². The van der Waals surface area contributed by atoms with Crippen LogP contribution in [0.2, 0.25) is 0 Å². The lowest BCUT2D eigenvalue weighted by atomic mass is 9.79. The fraction of sp³-hybridized carbons (Fsp3) is 0.417. The Balaban J connectivity index is 2.94. The molecule has 0 atom stereocenters. The normalized spacial score (nSPS) is 10.8. The lowest BCUT2D eigenvalue weighted by molar-refractivity contribution is -0.306. The number of nitriles is 1. The Labute approximate surface area is 108 Å². The van der Waals surface area contributed by atoms with E-state index in [1.165, 1.54) is 11.3 Å². The monoisotopic (exact) mass is 265 g/mol. The zero-order valence-electron chi connectivity index (χ0n) is 9.55. The van der Waals surface area contributed by atoms with E-state index in [9.17, 15) is 25.1 Å². The van der Waals surface area contributed by atoms with Crippen LogP contribution in [0.15, 0.2) is 17.5 Å². The number of nitrogens with zero attached hydrogens (tertiary/aromatic N) is 1. The minimum absolute atomic E-state index is 0.0413. The Bertz CT molecular complexity index is 443. The van der Waals surface area contributed by atoms with Crippen molar-refractivity contribution in [2.75, 3.05) is 0 Å². The van der Waals surface area contributed by atoms with Gasteiger partial charge in [0.1, 0.15) is 0 Å². The highest BCUT2D eigenvalue weighted by Gasteiger charge is 2.32. The zero-order valence-corrected chi connectivity index (χ0v) is 10.4. The van der Waals surface area contributed by atoms with Gasteiger partial charge in [0.15, 0.2) is 0 Å². The molecule has 6 heteroatoms. The first-order chi connectivity index (χ1) is 8.50. The van der Waals surface area contributed by atoms with E-state index in [0.29, 0.717) is 4.88 Å². The van der Waals surface area contributed by atoms with Crippen molar-refractivity contribution in [1.82, 2.24) is 0 Å². The van der Waals surface area contributed by atoms with Crippen LogP contribution in [-0.4, -0.2) is 11.9 Å². The number of aliphatic carboxylic acids is 2. The molecule has 1 rings (SSSR count). The third kappa shape index (κ3) is 3.57. The predicted molar refractivity (Wildman–Crippen MR) is 60.1 cm³/mol. The van der Waals surface area contributed by atoms with Crippen molar-refractivity contribution in [3.8, 4) is 6.07 Å². The van der Waals surface area contributed by atoms with Gasteiger partial charge in [0.2, 0.25) is 0 Å². The molecule has 1 aromatic rings. The van der Waals surface area contributed by atoms with Gasteiger partial charge in [-0.3, -0.25) is 0 Å². The second kappa shape index (κ2) is 6.17. The Kier molecular flexibility index (Phi) is 4.86. The maximum Gasteiger partial charge on any atom is 0.0921 e. The third-order valence-electron chi connectivity index (χ3n) is 2.72. The molecule has 0 aliphatic carbocycles. The van der Waals surface area contributed by atoms with Gasteiger partial charge < -0.3 is 19.8 Å². The molecule has 0 saturated carbocycles. The second-order valence-corrected chi connectivity index (χ2v) is 4.86. The summed E-state index contributed by atoms with van der Waals surface area (Å²) in [7, 11) is 0. The van der Waals surface area contributed by atoms with E-state index in [-0.39, 0.29) is 25.7 Å². The van der Waals surface area contributed by atoms with Crippen LogP contribution in [0, 0.1) is 11.3 Å². The van der Waals surface area contributed by atoms with E-state index < -0.39 is 17.4 Å². The van der Waals surface area contributed by atoms with Gasteiger partial charge in [0, 0.05) is 16.8 Å². The number of hydrogen-bond acceptors (Lipinski definition) is 6. The van der Waals surface area contributed by atoms with Gasteiger partial charge in [0.05, 0.1) is 11.5 Å². The molecule has 0 aliphatic rings. The smallest absolute Gasteiger partial charge is 0.0921 e. The quantitative estimate of drug-likeness (QED) is 0.665. The summed E-state index contributed by atoms with van der Waals surface area (Å²) in [6.45, 7) is 0. The van der Waals surface area contributed by atoms with Crippen molar-refractivity contribution in [3.05, 3.63) is 22.4 Å². The molecule has 0 fully saturated rings. The van der Waals surface area contributed by atoms with Crippen LogP contribution >= 0.6 is 11.3 Å². The summed E-state index contributed by atoms with van der Waals surface area (Å²) in [6.07, 6.45) is -0.476. The molecule has 0 amide bonds. The van der Waals surface area contributed by atoms with Gasteiger partial charge in [0.25, 0.3) is 0 Å². The lowest BCUT2D eigenvalue weighted by Gasteiger charge is -2.26. The molecule has 0 aromatic carbocycles. The van der Waals surface area contributed by atoms with Crippen molar-refractivity contribution in [2.24, 2.45) is 0 Å². The predicted octanol–water partition coefficient (Wildman–Crippen LogP) is -0.430.